The van der Waals surface area contributed by atoms with E-state index < -0.39 is 0 Å². The topological polar surface area (TPSA) is 9.23 Å². The van der Waals surface area contributed by atoms with E-state index >= 15 is 0 Å². The summed E-state index contributed by atoms with van der Waals surface area (Å²) in [5.74, 6) is 0.911. The Hall–Kier alpha value is -1.32. The molecule has 0 unspecified atom stereocenters. The third kappa shape index (κ3) is 2.42. The molecule has 3 aromatic rings. The van der Waals surface area contributed by atoms with E-state index in [1.807, 2.05) is 30.3 Å². The summed E-state index contributed by atoms with van der Waals surface area (Å²) in [6.45, 7) is 0.617. The molecule has 1 nitrogen and oxygen atoms in total. The molecule has 2 aromatic carbocycles. The van der Waals surface area contributed by atoms with Crippen molar-refractivity contribution in [1.29, 1.82) is 0 Å². The Bertz CT molecular complexity index is 661. The second-order valence-corrected chi connectivity index (χ2v) is 5.83. The van der Waals surface area contributed by atoms with Crippen LogP contribution in [0.2, 0.25) is 0 Å². The Balaban J connectivity index is 1.83. The Morgan fingerprint density at radius 3 is 2.72 bits per heavy atom. The fraction of sp³-hybridized carbons (Fsp3) is 0.0667. The summed E-state index contributed by atoms with van der Waals surface area (Å²) in [6, 6.07) is 16.3. The van der Waals surface area contributed by atoms with Gasteiger partial charge in [0.15, 0.2) is 0 Å². The number of halogens is 1. The number of hydrogen-bond donors (Lipinski definition) is 0. The van der Waals surface area contributed by atoms with Crippen molar-refractivity contribution in [3.63, 3.8) is 0 Å². The van der Waals surface area contributed by atoms with Gasteiger partial charge < -0.3 is 4.74 Å². The molecule has 1 heterocycles. The van der Waals surface area contributed by atoms with E-state index in [0.29, 0.717) is 6.61 Å². The van der Waals surface area contributed by atoms with Crippen molar-refractivity contribution >= 4 is 37.4 Å². The zero-order valence-electron chi connectivity index (χ0n) is 9.60. The summed E-state index contributed by atoms with van der Waals surface area (Å²) < 4.78 is 8.19. The lowest BCUT2D eigenvalue weighted by molar-refractivity contribution is 0.308. The van der Waals surface area contributed by atoms with Crippen LogP contribution in [0.15, 0.2) is 58.4 Å². The van der Waals surface area contributed by atoms with Gasteiger partial charge in [-0.2, -0.15) is 0 Å². The van der Waals surface area contributed by atoms with E-state index in [0.717, 1.165) is 10.2 Å². The van der Waals surface area contributed by atoms with Gasteiger partial charge in [0.2, 0.25) is 0 Å². The number of benzene rings is 2. The molecule has 3 rings (SSSR count). The van der Waals surface area contributed by atoms with Gasteiger partial charge in [0, 0.05) is 14.7 Å². The summed E-state index contributed by atoms with van der Waals surface area (Å²) >= 11 is 5.25. The number of ether oxygens (including phenoxy) is 1. The SMILES string of the molecule is Brc1ccc2c(COc3ccccc3)csc2c1. The largest absolute Gasteiger partial charge is 0.489 e. The van der Waals surface area contributed by atoms with E-state index in [4.69, 9.17) is 4.74 Å². The molecule has 0 N–H and O–H groups in total. The standard InChI is InChI=1S/C15H11BrOS/c16-12-6-7-14-11(10-18-15(14)8-12)9-17-13-4-2-1-3-5-13/h1-8,10H,9H2. The van der Waals surface area contributed by atoms with Crippen molar-refractivity contribution < 1.29 is 4.74 Å². The maximum absolute atomic E-state index is 5.78. The first-order valence-electron chi connectivity index (χ1n) is 5.66. The Labute approximate surface area is 118 Å². The summed E-state index contributed by atoms with van der Waals surface area (Å²) in [6.07, 6.45) is 0. The molecule has 0 aliphatic rings. The Kier molecular flexibility index (Phi) is 3.35. The lowest BCUT2D eigenvalue weighted by atomic mass is 10.2. The smallest absolute Gasteiger partial charge is 0.119 e. The van der Waals surface area contributed by atoms with Crippen molar-refractivity contribution in [2.45, 2.75) is 6.61 Å². The highest BCUT2D eigenvalue weighted by Gasteiger charge is 2.05. The molecule has 0 spiro atoms. The van der Waals surface area contributed by atoms with Gasteiger partial charge in [-0.1, -0.05) is 40.2 Å². The highest BCUT2D eigenvalue weighted by atomic mass is 79.9. The molecule has 0 saturated carbocycles. The first kappa shape index (κ1) is 11.8. The van der Waals surface area contributed by atoms with E-state index in [-0.39, 0.29) is 0 Å². The van der Waals surface area contributed by atoms with E-state index in [9.17, 15) is 0 Å². The van der Waals surface area contributed by atoms with Crippen LogP contribution in [0, 0.1) is 0 Å². The van der Waals surface area contributed by atoms with Gasteiger partial charge in [-0.3, -0.25) is 0 Å². The molecular formula is C15H11BrOS. The summed E-state index contributed by atoms with van der Waals surface area (Å²) in [7, 11) is 0. The van der Waals surface area contributed by atoms with Crippen LogP contribution >= 0.6 is 27.3 Å². The molecule has 1 aromatic heterocycles. The molecule has 90 valence electrons. The molecule has 0 radical (unpaired) electrons. The first-order chi connectivity index (χ1) is 8.83. The molecule has 0 fully saturated rings. The van der Waals surface area contributed by atoms with Gasteiger partial charge in [0.05, 0.1) is 0 Å². The van der Waals surface area contributed by atoms with Crippen molar-refractivity contribution in [2.24, 2.45) is 0 Å². The van der Waals surface area contributed by atoms with Gasteiger partial charge in [-0.25, -0.2) is 0 Å². The molecule has 0 bridgehead atoms. The number of hydrogen-bond acceptors (Lipinski definition) is 2. The lowest BCUT2D eigenvalue weighted by Crippen LogP contribution is -1.93. The van der Waals surface area contributed by atoms with Crippen LogP contribution in [0.3, 0.4) is 0 Å². The molecular weight excluding hydrogens is 308 g/mol. The lowest BCUT2D eigenvalue weighted by Gasteiger charge is -2.04. The Morgan fingerprint density at radius 1 is 1.06 bits per heavy atom. The summed E-state index contributed by atoms with van der Waals surface area (Å²) in [4.78, 5) is 0. The zero-order valence-corrected chi connectivity index (χ0v) is 12.0. The minimum Gasteiger partial charge on any atom is -0.489 e. The maximum atomic E-state index is 5.78. The fourth-order valence-corrected chi connectivity index (χ4v) is 3.34. The van der Waals surface area contributed by atoms with Gasteiger partial charge in [0.25, 0.3) is 0 Å². The quantitative estimate of drug-likeness (QED) is 0.641. The normalized spacial score (nSPS) is 10.7. The van der Waals surface area contributed by atoms with Crippen LogP contribution in [0.4, 0.5) is 0 Å². The average Bonchev–Trinajstić information content (AvgIpc) is 2.80. The number of fused-ring (bicyclic) bond motifs is 1. The minimum atomic E-state index is 0.617. The van der Waals surface area contributed by atoms with Gasteiger partial charge in [-0.05, 0) is 35.0 Å². The van der Waals surface area contributed by atoms with E-state index in [1.54, 1.807) is 11.3 Å². The van der Waals surface area contributed by atoms with Gasteiger partial charge in [0.1, 0.15) is 12.4 Å². The molecule has 3 heteroatoms. The molecule has 0 amide bonds. The number of rotatable bonds is 3. The summed E-state index contributed by atoms with van der Waals surface area (Å²) in [5, 5.41) is 3.44. The monoisotopic (exact) mass is 318 g/mol. The third-order valence-corrected chi connectivity index (χ3v) is 4.24. The second-order valence-electron chi connectivity index (χ2n) is 4.00. The molecule has 0 aliphatic carbocycles. The fourth-order valence-electron chi connectivity index (χ4n) is 1.85. The second kappa shape index (κ2) is 5.12. The van der Waals surface area contributed by atoms with E-state index in [1.165, 1.54) is 15.6 Å². The summed E-state index contributed by atoms with van der Waals surface area (Å²) in [5.41, 5.74) is 1.24. The third-order valence-electron chi connectivity index (χ3n) is 2.76. The van der Waals surface area contributed by atoms with Crippen LogP contribution in [-0.2, 0) is 6.61 Å². The Morgan fingerprint density at radius 2 is 1.89 bits per heavy atom. The van der Waals surface area contributed by atoms with Crippen molar-refractivity contribution in [3.05, 3.63) is 63.9 Å². The highest BCUT2D eigenvalue weighted by Crippen LogP contribution is 2.29. The van der Waals surface area contributed by atoms with Crippen LogP contribution in [-0.4, -0.2) is 0 Å². The zero-order chi connectivity index (χ0) is 12.4. The van der Waals surface area contributed by atoms with Crippen LogP contribution in [0.5, 0.6) is 5.75 Å². The average molecular weight is 319 g/mol. The predicted molar refractivity (Wildman–Crippen MR) is 80.3 cm³/mol. The number of para-hydroxylation sites is 1. The molecule has 0 aliphatic heterocycles. The number of thiophene rings is 1. The van der Waals surface area contributed by atoms with E-state index in [2.05, 4.69) is 39.5 Å². The molecule has 0 saturated heterocycles. The van der Waals surface area contributed by atoms with Crippen molar-refractivity contribution in [1.82, 2.24) is 0 Å². The highest BCUT2D eigenvalue weighted by molar-refractivity contribution is 9.10. The molecule has 0 atom stereocenters. The molecule has 18 heavy (non-hydrogen) atoms. The first-order valence-corrected chi connectivity index (χ1v) is 7.34. The van der Waals surface area contributed by atoms with Crippen molar-refractivity contribution in [3.8, 4) is 5.75 Å². The van der Waals surface area contributed by atoms with Gasteiger partial charge >= 0.3 is 0 Å². The maximum Gasteiger partial charge on any atom is 0.119 e. The van der Waals surface area contributed by atoms with Crippen LogP contribution in [0.1, 0.15) is 5.56 Å². The van der Waals surface area contributed by atoms with Crippen LogP contribution < -0.4 is 4.74 Å². The minimum absolute atomic E-state index is 0.617. The van der Waals surface area contributed by atoms with Crippen molar-refractivity contribution in [2.75, 3.05) is 0 Å². The van der Waals surface area contributed by atoms with Crippen LogP contribution in [0.25, 0.3) is 10.1 Å². The van der Waals surface area contributed by atoms with Gasteiger partial charge in [-0.15, -0.1) is 11.3 Å². The predicted octanol–water partition coefficient (Wildman–Crippen LogP) is 5.24.